The van der Waals surface area contributed by atoms with Crippen molar-refractivity contribution in [1.82, 2.24) is 5.32 Å². The van der Waals surface area contributed by atoms with Crippen molar-refractivity contribution in [2.24, 2.45) is 0 Å². The maximum Gasteiger partial charge on any atom is 0.251 e. The number of hydrogen-bond donors (Lipinski definition) is 2. The molecule has 0 spiro atoms. The highest BCUT2D eigenvalue weighted by Crippen LogP contribution is 2.27. The average molecular weight is 291 g/mol. The van der Waals surface area contributed by atoms with Crippen molar-refractivity contribution in [2.75, 3.05) is 13.2 Å². The predicted molar refractivity (Wildman–Crippen MR) is 82.6 cm³/mol. The third kappa shape index (κ3) is 4.74. The number of aliphatic hydroxyl groups is 1. The number of benzene rings is 1. The van der Waals surface area contributed by atoms with Crippen LogP contribution in [0.3, 0.4) is 0 Å². The van der Waals surface area contributed by atoms with E-state index >= 15 is 0 Å². The lowest BCUT2D eigenvalue weighted by molar-refractivity contribution is 0.00525. The lowest BCUT2D eigenvalue weighted by Gasteiger charge is -2.32. The summed E-state index contributed by atoms with van der Waals surface area (Å²) in [5, 5.41) is 13.2. The minimum Gasteiger partial charge on any atom is -0.494 e. The molecular formula is C17H25NO3. The van der Waals surface area contributed by atoms with Crippen LogP contribution >= 0.6 is 0 Å². The Hall–Kier alpha value is -1.55. The Balaban J connectivity index is 1.90. The van der Waals surface area contributed by atoms with Gasteiger partial charge in [-0.3, -0.25) is 4.79 Å². The molecule has 1 aliphatic carbocycles. The normalized spacial score (nSPS) is 17.2. The third-order valence-corrected chi connectivity index (χ3v) is 3.93. The van der Waals surface area contributed by atoms with Crippen LogP contribution in [0, 0.1) is 0 Å². The molecule has 0 bridgehead atoms. The quantitative estimate of drug-likeness (QED) is 0.847. The molecule has 1 saturated carbocycles. The average Bonchev–Trinajstić information content (AvgIpc) is 2.52. The molecule has 1 aromatic rings. The van der Waals surface area contributed by atoms with E-state index in [1.165, 1.54) is 6.42 Å². The molecule has 2 N–H and O–H groups in total. The van der Waals surface area contributed by atoms with Crippen molar-refractivity contribution < 1.29 is 14.6 Å². The maximum absolute atomic E-state index is 12.2. The number of nitrogens with one attached hydrogen (secondary N) is 1. The number of rotatable bonds is 6. The van der Waals surface area contributed by atoms with Crippen LogP contribution in [-0.2, 0) is 0 Å². The first-order chi connectivity index (χ1) is 10.1. The summed E-state index contributed by atoms with van der Waals surface area (Å²) in [5.41, 5.74) is -0.160. The molecule has 116 valence electrons. The van der Waals surface area contributed by atoms with Crippen LogP contribution in [0.15, 0.2) is 24.3 Å². The van der Waals surface area contributed by atoms with Crippen LogP contribution in [-0.4, -0.2) is 29.8 Å². The topological polar surface area (TPSA) is 58.6 Å². The van der Waals surface area contributed by atoms with Crippen molar-refractivity contribution >= 4 is 5.91 Å². The smallest absolute Gasteiger partial charge is 0.251 e. The lowest BCUT2D eigenvalue weighted by atomic mass is 9.85. The van der Waals surface area contributed by atoms with Gasteiger partial charge in [0, 0.05) is 12.1 Å². The molecule has 1 amide bonds. The molecule has 1 aliphatic rings. The SMILES string of the molecule is CCCOc1cccc(C(=O)NCC2(O)CCCCC2)c1. The van der Waals surface area contributed by atoms with Crippen molar-refractivity contribution in [3.8, 4) is 5.75 Å². The molecule has 0 heterocycles. The van der Waals surface area contributed by atoms with Crippen molar-refractivity contribution in [1.29, 1.82) is 0 Å². The van der Waals surface area contributed by atoms with Gasteiger partial charge in [-0.25, -0.2) is 0 Å². The molecule has 0 atom stereocenters. The van der Waals surface area contributed by atoms with E-state index in [1.54, 1.807) is 12.1 Å². The molecule has 4 nitrogen and oxygen atoms in total. The Morgan fingerprint density at radius 3 is 2.81 bits per heavy atom. The third-order valence-electron chi connectivity index (χ3n) is 3.93. The number of ether oxygens (including phenoxy) is 1. The second kappa shape index (κ2) is 7.46. The van der Waals surface area contributed by atoms with Gasteiger partial charge in [-0.15, -0.1) is 0 Å². The lowest BCUT2D eigenvalue weighted by Crippen LogP contribution is -2.44. The zero-order valence-electron chi connectivity index (χ0n) is 12.7. The van der Waals surface area contributed by atoms with Gasteiger partial charge in [0.05, 0.1) is 12.2 Å². The van der Waals surface area contributed by atoms with Gasteiger partial charge < -0.3 is 15.2 Å². The van der Waals surface area contributed by atoms with Gasteiger partial charge in [-0.1, -0.05) is 32.3 Å². The fourth-order valence-corrected chi connectivity index (χ4v) is 2.68. The maximum atomic E-state index is 12.2. The van der Waals surface area contributed by atoms with Gasteiger partial charge in [0.15, 0.2) is 0 Å². The zero-order valence-corrected chi connectivity index (χ0v) is 12.7. The van der Waals surface area contributed by atoms with Crippen LogP contribution in [0.4, 0.5) is 0 Å². The molecule has 1 fully saturated rings. The van der Waals surface area contributed by atoms with Gasteiger partial charge in [-0.05, 0) is 37.5 Å². The van der Waals surface area contributed by atoms with Gasteiger partial charge >= 0.3 is 0 Å². The van der Waals surface area contributed by atoms with Crippen LogP contribution in [0.25, 0.3) is 0 Å². The predicted octanol–water partition coefficient (Wildman–Crippen LogP) is 2.90. The highest BCUT2D eigenvalue weighted by molar-refractivity contribution is 5.94. The van der Waals surface area contributed by atoms with E-state index in [9.17, 15) is 9.90 Å². The van der Waals surface area contributed by atoms with Gasteiger partial charge in [-0.2, -0.15) is 0 Å². The van der Waals surface area contributed by atoms with Crippen LogP contribution < -0.4 is 10.1 Å². The zero-order chi connectivity index (χ0) is 15.1. The van der Waals surface area contributed by atoms with Gasteiger partial charge in [0.1, 0.15) is 5.75 Å². The van der Waals surface area contributed by atoms with Gasteiger partial charge in [0.2, 0.25) is 0 Å². The Morgan fingerprint density at radius 2 is 2.10 bits per heavy atom. The first-order valence-electron chi connectivity index (χ1n) is 7.86. The summed E-state index contributed by atoms with van der Waals surface area (Å²) < 4.78 is 5.53. The van der Waals surface area contributed by atoms with E-state index in [2.05, 4.69) is 5.32 Å². The van der Waals surface area contributed by atoms with E-state index in [0.29, 0.717) is 24.5 Å². The molecule has 0 aliphatic heterocycles. The summed E-state index contributed by atoms with van der Waals surface area (Å²) in [4.78, 5) is 12.2. The summed E-state index contributed by atoms with van der Waals surface area (Å²) in [6, 6.07) is 7.17. The number of carbonyl (C=O) groups excluding carboxylic acids is 1. The number of amides is 1. The van der Waals surface area contributed by atoms with Gasteiger partial charge in [0.25, 0.3) is 5.91 Å². The molecule has 0 radical (unpaired) electrons. The number of hydrogen-bond acceptors (Lipinski definition) is 3. The van der Waals surface area contributed by atoms with E-state index in [0.717, 1.165) is 32.1 Å². The second-order valence-electron chi connectivity index (χ2n) is 5.84. The minimum atomic E-state index is -0.732. The first-order valence-corrected chi connectivity index (χ1v) is 7.86. The van der Waals surface area contributed by atoms with Crippen LogP contribution in [0.2, 0.25) is 0 Å². The summed E-state index contributed by atoms with van der Waals surface area (Å²) >= 11 is 0. The Kier molecular flexibility index (Phi) is 5.62. The van der Waals surface area contributed by atoms with Crippen molar-refractivity contribution in [3.63, 3.8) is 0 Å². The number of carbonyl (C=O) groups is 1. The molecule has 2 rings (SSSR count). The molecule has 0 aromatic heterocycles. The molecule has 1 aromatic carbocycles. The summed E-state index contributed by atoms with van der Waals surface area (Å²) in [7, 11) is 0. The van der Waals surface area contributed by atoms with E-state index in [4.69, 9.17) is 4.74 Å². The monoisotopic (exact) mass is 291 g/mol. The Morgan fingerprint density at radius 1 is 1.33 bits per heavy atom. The highest BCUT2D eigenvalue weighted by Gasteiger charge is 2.29. The Bertz CT molecular complexity index is 467. The van der Waals surface area contributed by atoms with E-state index in [-0.39, 0.29) is 5.91 Å². The molecular weight excluding hydrogens is 266 g/mol. The van der Waals surface area contributed by atoms with E-state index < -0.39 is 5.60 Å². The van der Waals surface area contributed by atoms with Crippen molar-refractivity contribution in [3.05, 3.63) is 29.8 Å². The summed E-state index contributed by atoms with van der Waals surface area (Å²) in [6.07, 6.45) is 5.72. The van der Waals surface area contributed by atoms with Crippen LogP contribution in [0.1, 0.15) is 55.8 Å². The second-order valence-corrected chi connectivity index (χ2v) is 5.84. The fourth-order valence-electron chi connectivity index (χ4n) is 2.68. The Labute approximate surface area is 126 Å². The van der Waals surface area contributed by atoms with E-state index in [1.807, 2.05) is 19.1 Å². The standard InChI is InChI=1S/C17H25NO3/c1-2-11-21-15-8-6-7-14(12-15)16(19)18-13-17(20)9-4-3-5-10-17/h6-8,12,20H,2-5,9-11,13H2,1H3,(H,18,19). The molecule has 0 saturated heterocycles. The first kappa shape index (κ1) is 15.8. The fraction of sp³-hybridized carbons (Fsp3) is 0.588. The molecule has 21 heavy (non-hydrogen) atoms. The van der Waals surface area contributed by atoms with Crippen LogP contribution in [0.5, 0.6) is 5.75 Å². The highest BCUT2D eigenvalue weighted by atomic mass is 16.5. The summed E-state index contributed by atoms with van der Waals surface area (Å²) in [6.45, 7) is 3.01. The molecule has 0 unspecified atom stereocenters. The summed E-state index contributed by atoms with van der Waals surface area (Å²) in [5.74, 6) is 0.553. The van der Waals surface area contributed by atoms with Crippen molar-refractivity contribution in [2.45, 2.75) is 51.0 Å². The largest absolute Gasteiger partial charge is 0.494 e. The molecule has 4 heteroatoms. The minimum absolute atomic E-state index is 0.157.